The Morgan fingerprint density at radius 2 is 2.00 bits per heavy atom. The molecular weight excluding hydrogens is 299 g/mol. The van der Waals surface area contributed by atoms with E-state index in [1.165, 1.54) is 12.1 Å². The predicted octanol–water partition coefficient (Wildman–Crippen LogP) is 1.62. The molecule has 0 aliphatic rings. The monoisotopic (exact) mass is 312 g/mol. The summed E-state index contributed by atoms with van der Waals surface area (Å²) in [4.78, 5) is -0.131. The molecule has 0 aromatic heterocycles. The van der Waals surface area contributed by atoms with Gasteiger partial charge < -0.3 is 10.8 Å². The van der Waals surface area contributed by atoms with Crippen LogP contribution in [0.5, 0.6) is 0 Å². The van der Waals surface area contributed by atoms with Gasteiger partial charge in [-0.15, -0.1) is 0 Å². The zero-order chi connectivity index (χ0) is 13.9. The van der Waals surface area contributed by atoms with Gasteiger partial charge in [0.2, 0.25) is 10.0 Å². The highest BCUT2D eigenvalue weighted by molar-refractivity contribution is 7.89. The Morgan fingerprint density at radius 1 is 1.39 bits per heavy atom. The molecular formula is C10H14Cl2N2O3S. The molecule has 18 heavy (non-hydrogen) atoms. The summed E-state index contributed by atoms with van der Waals surface area (Å²) in [6.07, 6.45) is -0.280. The molecule has 1 atom stereocenters. The Kier molecular flexibility index (Phi) is 5.24. The van der Waals surface area contributed by atoms with Crippen LogP contribution in [0.15, 0.2) is 17.0 Å². The normalized spacial score (nSPS) is 13.6. The highest BCUT2D eigenvalue weighted by atomic mass is 35.5. The number of benzene rings is 1. The zero-order valence-electron chi connectivity index (χ0n) is 9.65. The van der Waals surface area contributed by atoms with Crippen molar-refractivity contribution in [3.8, 4) is 0 Å². The molecule has 0 spiro atoms. The van der Waals surface area contributed by atoms with Gasteiger partial charge in [-0.25, -0.2) is 13.1 Å². The van der Waals surface area contributed by atoms with E-state index in [1.54, 1.807) is 6.92 Å². The van der Waals surface area contributed by atoms with Crippen molar-refractivity contribution >= 4 is 38.9 Å². The second-order valence-electron chi connectivity index (χ2n) is 3.84. The minimum atomic E-state index is -3.76. The van der Waals surface area contributed by atoms with Crippen LogP contribution in [0.4, 0.5) is 5.69 Å². The van der Waals surface area contributed by atoms with Gasteiger partial charge in [-0.1, -0.05) is 23.2 Å². The number of nitrogens with two attached hydrogens (primary N) is 1. The molecule has 1 aromatic rings. The van der Waals surface area contributed by atoms with Crippen molar-refractivity contribution in [2.24, 2.45) is 0 Å². The highest BCUT2D eigenvalue weighted by Gasteiger charge is 2.19. The first-order valence-corrected chi connectivity index (χ1v) is 7.40. The van der Waals surface area contributed by atoms with Gasteiger partial charge in [0.1, 0.15) is 4.90 Å². The fourth-order valence-corrected chi connectivity index (χ4v) is 3.07. The molecule has 0 amide bonds. The van der Waals surface area contributed by atoms with Crippen LogP contribution in [0.2, 0.25) is 10.0 Å². The molecule has 0 bridgehead atoms. The molecule has 1 rings (SSSR count). The van der Waals surface area contributed by atoms with Gasteiger partial charge >= 0.3 is 0 Å². The number of aliphatic hydroxyl groups excluding tert-OH is 1. The fourth-order valence-electron chi connectivity index (χ4n) is 1.23. The van der Waals surface area contributed by atoms with Crippen molar-refractivity contribution in [2.45, 2.75) is 24.3 Å². The largest absolute Gasteiger partial charge is 0.397 e. The Labute approximate surface area is 116 Å². The number of halogens is 2. The lowest BCUT2D eigenvalue weighted by Gasteiger charge is -2.10. The van der Waals surface area contributed by atoms with Crippen molar-refractivity contribution in [3.63, 3.8) is 0 Å². The van der Waals surface area contributed by atoms with Gasteiger partial charge in [0.25, 0.3) is 0 Å². The molecule has 0 radical (unpaired) electrons. The van der Waals surface area contributed by atoms with Crippen molar-refractivity contribution in [1.29, 1.82) is 0 Å². The minimum Gasteiger partial charge on any atom is -0.397 e. The molecule has 0 saturated carbocycles. The van der Waals surface area contributed by atoms with Gasteiger partial charge in [-0.05, 0) is 25.5 Å². The van der Waals surface area contributed by atoms with E-state index in [-0.39, 0.29) is 27.2 Å². The third kappa shape index (κ3) is 4.00. The molecule has 8 heteroatoms. The Morgan fingerprint density at radius 3 is 2.56 bits per heavy atom. The van der Waals surface area contributed by atoms with E-state index in [0.717, 1.165) is 0 Å². The number of nitrogen functional groups attached to an aromatic ring is 1. The lowest BCUT2D eigenvalue weighted by Crippen LogP contribution is -2.27. The number of hydrogen-bond acceptors (Lipinski definition) is 4. The maximum atomic E-state index is 11.9. The second-order valence-corrected chi connectivity index (χ2v) is 6.39. The zero-order valence-corrected chi connectivity index (χ0v) is 12.0. The first-order valence-electron chi connectivity index (χ1n) is 5.16. The van der Waals surface area contributed by atoms with Gasteiger partial charge in [-0.2, -0.15) is 0 Å². The van der Waals surface area contributed by atoms with E-state index in [2.05, 4.69) is 4.72 Å². The summed E-state index contributed by atoms with van der Waals surface area (Å²) in [6, 6.07) is 2.48. The second kappa shape index (κ2) is 6.08. The summed E-state index contributed by atoms with van der Waals surface area (Å²) in [6.45, 7) is 1.68. The number of sulfonamides is 1. The van der Waals surface area contributed by atoms with Crippen LogP contribution in [0.25, 0.3) is 0 Å². The summed E-state index contributed by atoms with van der Waals surface area (Å²) < 4.78 is 26.2. The Balaban J connectivity index is 2.95. The lowest BCUT2D eigenvalue weighted by atomic mass is 10.3. The number of aliphatic hydroxyl groups is 1. The molecule has 0 heterocycles. The fraction of sp³-hybridized carbons (Fsp3) is 0.400. The Hall–Kier alpha value is -0.530. The standard InChI is InChI=1S/C10H14Cl2N2O3S/c1-6(15)2-3-14-18(16,17)10-5-7(11)9(13)4-8(10)12/h4-6,14-15H,2-3,13H2,1H3. The van der Waals surface area contributed by atoms with Crippen LogP contribution in [0, 0.1) is 0 Å². The summed E-state index contributed by atoms with van der Waals surface area (Å²) >= 11 is 11.6. The van der Waals surface area contributed by atoms with Crippen LogP contribution in [0.3, 0.4) is 0 Å². The quantitative estimate of drug-likeness (QED) is 0.720. The molecule has 0 aliphatic carbocycles. The third-order valence-electron chi connectivity index (χ3n) is 2.19. The van der Waals surface area contributed by atoms with E-state index in [4.69, 9.17) is 34.0 Å². The van der Waals surface area contributed by atoms with Crippen molar-refractivity contribution in [2.75, 3.05) is 12.3 Å². The SMILES string of the molecule is CC(O)CCNS(=O)(=O)c1cc(Cl)c(N)cc1Cl. The lowest BCUT2D eigenvalue weighted by molar-refractivity contribution is 0.186. The van der Waals surface area contributed by atoms with E-state index in [1.807, 2.05) is 0 Å². The van der Waals surface area contributed by atoms with E-state index in [0.29, 0.717) is 6.42 Å². The molecule has 0 aliphatic heterocycles. The summed E-state index contributed by atoms with van der Waals surface area (Å²) in [5, 5.41) is 9.18. The van der Waals surface area contributed by atoms with Crippen LogP contribution in [0.1, 0.15) is 13.3 Å². The maximum Gasteiger partial charge on any atom is 0.242 e. The summed E-state index contributed by atoms with van der Waals surface area (Å²) in [5.41, 5.74) is 5.72. The summed E-state index contributed by atoms with van der Waals surface area (Å²) in [7, 11) is -3.76. The van der Waals surface area contributed by atoms with Crippen LogP contribution in [-0.4, -0.2) is 26.2 Å². The maximum absolute atomic E-state index is 11.9. The molecule has 0 fully saturated rings. The number of hydrogen-bond donors (Lipinski definition) is 3. The molecule has 1 unspecified atom stereocenters. The highest BCUT2D eigenvalue weighted by Crippen LogP contribution is 2.29. The average Bonchev–Trinajstić information content (AvgIpc) is 2.22. The average molecular weight is 313 g/mol. The molecule has 0 saturated heterocycles. The first-order chi connectivity index (χ1) is 8.24. The first kappa shape index (κ1) is 15.5. The van der Waals surface area contributed by atoms with Gasteiger partial charge in [-0.3, -0.25) is 0 Å². The predicted molar refractivity (Wildman–Crippen MR) is 72.4 cm³/mol. The number of rotatable bonds is 5. The Bertz CT molecular complexity index is 532. The van der Waals surface area contributed by atoms with E-state index >= 15 is 0 Å². The van der Waals surface area contributed by atoms with Crippen LogP contribution < -0.4 is 10.5 Å². The van der Waals surface area contributed by atoms with Crippen molar-refractivity contribution < 1.29 is 13.5 Å². The van der Waals surface area contributed by atoms with Crippen LogP contribution >= 0.6 is 23.2 Å². The van der Waals surface area contributed by atoms with Crippen molar-refractivity contribution in [1.82, 2.24) is 4.72 Å². The van der Waals surface area contributed by atoms with Crippen molar-refractivity contribution in [3.05, 3.63) is 22.2 Å². The summed E-state index contributed by atoms with van der Waals surface area (Å²) in [5.74, 6) is 0. The number of anilines is 1. The molecule has 4 N–H and O–H groups in total. The van der Waals surface area contributed by atoms with Gasteiger partial charge in [0, 0.05) is 6.54 Å². The smallest absolute Gasteiger partial charge is 0.242 e. The van der Waals surface area contributed by atoms with Gasteiger partial charge in [0.05, 0.1) is 21.8 Å². The van der Waals surface area contributed by atoms with E-state index in [9.17, 15) is 8.42 Å². The third-order valence-corrected chi connectivity index (χ3v) is 4.45. The topological polar surface area (TPSA) is 92.4 Å². The minimum absolute atomic E-state index is 0.00134. The molecule has 1 aromatic carbocycles. The molecule has 5 nitrogen and oxygen atoms in total. The van der Waals surface area contributed by atoms with Gasteiger partial charge in [0.15, 0.2) is 0 Å². The van der Waals surface area contributed by atoms with E-state index < -0.39 is 16.1 Å². The molecule has 102 valence electrons. The number of nitrogens with one attached hydrogen (secondary N) is 1. The van der Waals surface area contributed by atoms with Crippen LogP contribution in [-0.2, 0) is 10.0 Å².